The molecule has 1 nitrogen and oxygen atoms in total. The summed E-state index contributed by atoms with van der Waals surface area (Å²) in [6, 6.07) is 0. The molecule has 0 aliphatic rings. The first-order chi connectivity index (χ1) is 4.74. The molecule has 0 spiro atoms. The number of hydrogen-bond donors (Lipinski definition) is 0. The summed E-state index contributed by atoms with van der Waals surface area (Å²) in [6.07, 6.45) is 0. The number of halogens is 3. The molecule has 0 aliphatic carbocycles. The second kappa shape index (κ2) is 9.30. The van der Waals surface area contributed by atoms with E-state index < -0.39 is 0 Å². The molecular weight excluding hydrogens is 293 g/mol. The largest absolute Gasteiger partial charge is 0.303 e. The Morgan fingerprint density at radius 2 is 1.73 bits per heavy atom. The lowest BCUT2D eigenvalue weighted by atomic mass is 10.4. The van der Waals surface area contributed by atoms with Crippen LogP contribution in [-0.4, -0.2) is 34.7 Å². The van der Waals surface area contributed by atoms with Gasteiger partial charge >= 0.3 is 0 Å². The minimum atomic E-state index is 0. The third-order valence-electron chi connectivity index (χ3n) is 1.52. The van der Waals surface area contributed by atoms with Crippen LogP contribution in [0.25, 0.3) is 0 Å². The first-order valence-electron chi connectivity index (χ1n) is 3.66. The Labute approximate surface area is 92.6 Å². The highest BCUT2D eigenvalue weighted by molar-refractivity contribution is 9.12. The number of rotatable bonds is 5. The first-order valence-corrected chi connectivity index (χ1v) is 5.70. The molecule has 4 heteroatoms. The molecule has 0 amide bonds. The Hall–Kier alpha value is 1.21. The number of nitrogens with zero attached hydrogens (tertiary/aromatic N) is 1. The zero-order valence-electron chi connectivity index (χ0n) is 7.02. The van der Waals surface area contributed by atoms with Gasteiger partial charge in [0.1, 0.15) is 0 Å². The summed E-state index contributed by atoms with van der Waals surface area (Å²) in [6.45, 7) is 7.81. The average Bonchev–Trinajstić information content (AvgIpc) is 1.99. The summed E-state index contributed by atoms with van der Waals surface area (Å²) < 4.78 is 0. The predicted molar refractivity (Wildman–Crippen MR) is 61.5 cm³/mol. The summed E-state index contributed by atoms with van der Waals surface area (Å²) in [5.41, 5.74) is 0. The van der Waals surface area contributed by atoms with Crippen molar-refractivity contribution in [1.82, 2.24) is 4.90 Å². The lowest BCUT2D eigenvalue weighted by molar-refractivity contribution is 0.310. The van der Waals surface area contributed by atoms with Gasteiger partial charge in [-0.2, -0.15) is 0 Å². The zero-order chi connectivity index (χ0) is 7.98. The smallest absolute Gasteiger partial charge is 0.0370 e. The molecule has 0 aromatic carbocycles. The van der Waals surface area contributed by atoms with E-state index in [1.54, 1.807) is 0 Å². The van der Waals surface area contributed by atoms with Crippen molar-refractivity contribution in [3.8, 4) is 0 Å². The molecule has 0 saturated carbocycles. The molecule has 0 aromatic heterocycles. The predicted octanol–water partition coefficient (Wildman–Crippen LogP) is 2.91. The molecule has 0 fully saturated rings. The first kappa shape index (κ1) is 14.7. The Bertz CT molecular complexity index is 78.8. The Morgan fingerprint density at radius 1 is 1.27 bits per heavy atom. The van der Waals surface area contributed by atoms with Crippen LogP contribution in [-0.2, 0) is 0 Å². The summed E-state index contributed by atoms with van der Waals surface area (Å²) in [5.74, 6) is 0. The molecule has 0 radical (unpaired) electrons. The molecule has 11 heavy (non-hydrogen) atoms. The summed E-state index contributed by atoms with van der Waals surface area (Å²) in [7, 11) is 0. The summed E-state index contributed by atoms with van der Waals surface area (Å²) in [5, 5.41) is 1.03. The zero-order valence-corrected chi connectivity index (χ0v) is 11.0. The molecule has 0 rings (SSSR count). The van der Waals surface area contributed by atoms with E-state index in [0.717, 1.165) is 25.0 Å². The van der Waals surface area contributed by atoms with Crippen molar-refractivity contribution >= 4 is 44.3 Å². The normalized spacial score (nSPS) is 12.8. The Morgan fingerprint density at radius 3 is 2.00 bits per heavy atom. The average molecular weight is 309 g/mol. The van der Waals surface area contributed by atoms with Crippen molar-refractivity contribution in [2.24, 2.45) is 0 Å². The molecule has 0 heterocycles. The van der Waals surface area contributed by atoms with Crippen LogP contribution < -0.4 is 0 Å². The van der Waals surface area contributed by atoms with Gasteiger partial charge in [0.15, 0.2) is 0 Å². The van der Waals surface area contributed by atoms with E-state index in [-0.39, 0.29) is 12.4 Å². The molecule has 1 unspecified atom stereocenters. The number of hydrogen-bond acceptors (Lipinski definition) is 1. The van der Waals surface area contributed by atoms with Gasteiger partial charge in [-0.15, -0.1) is 12.4 Å². The van der Waals surface area contributed by atoms with Crippen molar-refractivity contribution in [2.45, 2.75) is 18.7 Å². The second-order valence-electron chi connectivity index (χ2n) is 2.24. The van der Waals surface area contributed by atoms with Gasteiger partial charge in [-0.3, -0.25) is 0 Å². The van der Waals surface area contributed by atoms with Gasteiger partial charge in [-0.1, -0.05) is 45.7 Å². The topological polar surface area (TPSA) is 3.24 Å². The highest BCUT2D eigenvalue weighted by Crippen LogP contribution is 2.05. The van der Waals surface area contributed by atoms with Gasteiger partial charge in [0.25, 0.3) is 0 Å². The number of alkyl halides is 2. The van der Waals surface area contributed by atoms with Gasteiger partial charge in [0, 0.05) is 16.7 Å². The van der Waals surface area contributed by atoms with Crippen molar-refractivity contribution < 1.29 is 0 Å². The van der Waals surface area contributed by atoms with Crippen molar-refractivity contribution in [3.63, 3.8) is 0 Å². The monoisotopic (exact) mass is 307 g/mol. The van der Waals surface area contributed by atoms with Crippen molar-refractivity contribution in [2.75, 3.05) is 25.0 Å². The second-order valence-corrected chi connectivity index (χ2v) is 4.18. The van der Waals surface area contributed by atoms with E-state index in [9.17, 15) is 0 Å². The van der Waals surface area contributed by atoms with Gasteiger partial charge < -0.3 is 4.90 Å². The van der Waals surface area contributed by atoms with Crippen LogP contribution in [0, 0.1) is 0 Å². The van der Waals surface area contributed by atoms with E-state index in [4.69, 9.17) is 0 Å². The molecular formula is C7H16Br2ClN. The van der Waals surface area contributed by atoms with Crippen LogP contribution in [0.5, 0.6) is 0 Å². The minimum absolute atomic E-state index is 0. The highest BCUT2D eigenvalue weighted by Gasteiger charge is 2.05. The van der Waals surface area contributed by atoms with E-state index in [1.165, 1.54) is 0 Å². The van der Waals surface area contributed by atoms with Gasteiger partial charge in [0.2, 0.25) is 0 Å². The van der Waals surface area contributed by atoms with Crippen LogP contribution in [0.3, 0.4) is 0 Å². The lowest BCUT2D eigenvalue weighted by Crippen LogP contribution is -2.30. The SMILES string of the molecule is CCN(CC)CC(Br)CBr.Cl. The van der Waals surface area contributed by atoms with Crippen LogP contribution in [0.15, 0.2) is 0 Å². The lowest BCUT2D eigenvalue weighted by Gasteiger charge is -2.19. The van der Waals surface area contributed by atoms with E-state index in [1.807, 2.05) is 0 Å². The molecule has 0 aromatic rings. The summed E-state index contributed by atoms with van der Waals surface area (Å²) in [4.78, 5) is 2.99. The van der Waals surface area contributed by atoms with Crippen molar-refractivity contribution in [1.29, 1.82) is 0 Å². The van der Waals surface area contributed by atoms with Crippen LogP contribution in [0.2, 0.25) is 0 Å². The van der Waals surface area contributed by atoms with E-state index in [2.05, 4.69) is 50.6 Å². The maximum Gasteiger partial charge on any atom is 0.0370 e. The third kappa shape index (κ3) is 7.57. The molecule has 0 bridgehead atoms. The van der Waals surface area contributed by atoms with Crippen LogP contribution in [0.1, 0.15) is 13.8 Å². The van der Waals surface area contributed by atoms with Gasteiger partial charge in [-0.05, 0) is 13.1 Å². The van der Waals surface area contributed by atoms with Gasteiger partial charge in [0.05, 0.1) is 0 Å². The fraction of sp³-hybridized carbons (Fsp3) is 1.00. The fourth-order valence-electron chi connectivity index (χ4n) is 0.811. The Kier molecular flexibility index (Phi) is 12.4. The maximum absolute atomic E-state index is 3.57. The molecule has 0 saturated heterocycles. The quantitative estimate of drug-likeness (QED) is 0.706. The molecule has 70 valence electrons. The molecule has 0 N–H and O–H groups in total. The third-order valence-corrected chi connectivity index (χ3v) is 3.78. The Balaban J connectivity index is 0. The maximum atomic E-state index is 3.57. The van der Waals surface area contributed by atoms with Crippen molar-refractivity contribution in [3.05, 3.63) is 0 Å². The van der Waals surface area contributed by atoms with E-state index in [0.29, 0.717) is 4.83 Å². The summed E-state index contributed by atoms with van der Waals surface area (Å²) >= 11 is 7.00. The molecule has 1 atom stereocenters. The van der Waals surface area contributed by atoms with Crippen LogP contribution in [0.4, 0.5) is 0 Å². The van der Waals surface area contributed by atoms with Crippen LogP contribution >= 0.6 is 44.3 Å². The molecule has 0 aliphatic heterocycles. The minimum Gasteiger partial charge on any atom is -0.303 e. The fourth-order valence-corrected chi connectivity index (χ4v) is 1.43. The highest BCUT2D eigenvalue weighted by atomic mass is 79.9. The van der Waals surface area contributed by atoms with Gasteiger partial charge in [-0.25, -0.2) is 0 Å². The van der Waals surface area contributed by atoms with E-state index >= 15 is 0 Å². The standard InChI is InChI=1S/C7H15Br2N.ClH/c1-3-10(4-2)6-7(9)5-8;/h7H,3-6H2,1-2H3;1H.